The van der Waals surface area contributed by atoms with Crippen LogP contribution < -0.4 is 0 Å². The third-order valence-electron chi connectivity index (χ3n) is 2.89. The molecular formula is C11H15ClN4O2S. The maximum Gasteiger partial charge on any atom is 0.286 e. The van der Waals surface area contributed by atoms with Crippen LogP contribution >= 0.6 is 11.6 Å². The van der Waals surface area contributed by atoms with Crippen LogP contribution in [-0.2, 0) is 16.6 Å². The van der Waals surface area contributed by atoms with Gasteiger partial charge in [0, 0.05) is 12.7 Å². The van der Waals surface area contributed by atoms with Crippen LogP contribution in [0.1, 0.15) is 24.0 Å². The molecule has 0 saturated heterocycles. The Hall–Kier alpha value is -1.34. The summed E-state index contributed by atoms with van der Waals surface area (Å²) in [4.78, 5) is 0.150. The number of hydrogen-bond donors (Lipinski definition) is 0. The lowest BCUT2D eigenvalue weighted by Gasteiger charge is -2.04. The number of halogens is 1. The van der Waals surface area contributed by atoms with Gasteiger partial charge in [0.2, 0.25) is 0 Å². The Kier molecular flexibility index (Phi) is 3.44. The molecule has 0 aliphatic rings. The summed E-state index contributed by atoms with van der Waals surface area (Å²) in [7, 11) is -3.75. The van der Waals surface area contributed by atoms with E-state index in [1.165, 1.54) is 6.20 Å². The molecule has 0 atom stereocenters. The van der Waals surface area contributed by atoms with Crippen molar-refractivity contribution in [2.24, 2.45) is 0 Å². The molecule has 6 nitrogen and oxygen atoms in total. The molecule has 0 N–H and O–H groups in total. The first kappa shape index (κ1) is 14.1. The molecule has 0 saturated carbocycles. The summed E-state index contributed by atoms with van der Waals surface area (Å²) in [5, 5.41) is 8.50. The van der Waals surface area contributed by atoms with Crippen molar-refractivity contribution in [2.75, 3.05) is 0 Å². The zero-order valence-corrected chi connectivity index (χ0v) is 12.7. The molecule has 0 fully saturated rings. The number of rotatable bonds is 3. The Balaban J connectivity index is 2.65. The molecule has 8 heteroatoms. The molecular weight excluding hydrogens is 288 g/mol. The summed E-state index contributed by atoms with van der Waals surface area (Å²) in [5.41, 5.74) is 1.34. The van der Waals surface area contributed by atoms with Gasteiger partial charge in [-0.05, 0) is 27.7 Å². The highest BCUT2D eigenvalue weighted by Crippen LogP contribution is 2.24. The van der Waals surface area contributed by atoms with Gasteiger partial charge < -0.3 is 0 Å². The molecule has 2 aromatic rings. The third kappa shape index (κ3) is 2.17. The topological polar surface area (TPSA) is 69.8 Å². The fraction of sp³-hybridized carbons (Fsp3) is 0.455. The van der Waals surface area contributed by atoms with Gasteiger partial charge in [0.25, 0.3) is 10.0 Å². The predicted octanol–water partition coefficient (Wildman–Crippen LogP) is 1.92. The monoisotopic (exact) mass is 302 g/mol. The van der Waals surface area contributed by atoms with Crippen molar-refractivity contribution < 1.29 is 8.42 Å². The van der Waals surface area contributed by atoms with Gasteiger partial charge in [-0.25, -0.2) is 0 Å². The van der Waals surface area contributed by atoms with Crippen LogP contribution in [0.4, 0.5) is 0 Å². The van der Waals surface area contributed by atoms with Crippen molar-refractivity contribution in [3.8, 4) is 0 Å². The van der Waals surface area contributed by atoms with Crippen LogP contribution in [0.5, 0.6) is 0 Å². The van der Waals surface area contributed by atoms with Crippen LogP contribution in [0.15, 0.2) is 11.1 Å². The Morgan fingerprint density at radius 2 is 1.84 bits per heavy atom. The van der Waals surface area contributed by atoms with Gasteiger partial charge in [0.1, 0.15) is 4.90 Å². The molecule has 0 aliphatic heterocycles. The average molecular weight is 303 g/mol. The van der Waals surface area contributed by atoms with E-state index in [-0.39, 0.29) is 4.90 Å². The van der Waals surface area contributed by atoms with E-state index >= 15 is 0 Å². The van der Waals surface area contributed by atoms with Gasteiger partial charge in [-0.2, -0.15) is 22.7 Å². The fourth-order valence-corrected chi connectivity index (χ4v) is 3.55. The Labute approximate surface area is 117 Å². The molecule has 0 amide bonds. The second-order valence-corrected chi connectivity index (χ2v) is 6.38. The smallest absolute Gasteiger partial charge is 0.271 e. The van der Waals surface area contributed by atoms with E-state index in [1.54, 1.807) is 25.5 Å². The lowest BCUT2D eigenvalue weighted by Crippen LogP contribution is -2.16. The van der Waals surface area contributed by atoms with Crippen molar-refractivity contribution in [3.05, 3.63) is 28.3 Å². The second kappa shape index (κ2) is 4.64. The second-order valence-electron chi connectivity index (χ2n) is 4.27. The molecule has 0 unspecified atom stereocenters. The average Bonchev–Trinajstić information content (AvgIpc) is 2.85. The van der Waals surface area contributed by atoms with Crippen molar-refractivity contribution in [1.82, 2.24) is 19.0 Å². The minimum Gasteiger partial charge on any atom is -0.271 e. The van der Waals surface area contributed by atoms with Crippen molar-refractivity contribution >= 4 is 21.6 Å². The van der Waals surface area contributed by atoms with Crippen LogP contribution in [-0.4, -0.2) is 27.4 Å². The molecule has 104 valence electrons. The minimum absolute atomic E-state index is 0.150. The van der Waals surface area contributed by atoms with Gasteiger partial charge in [-0.1, -0.05) is 11.6 Å². The SMILES string of the molecule is CCn1cc(S(=O)(=O)n2nc(C)c(Cl)c2C)c(C)n1. The number of hydrogen-bond acceptors (Lipinski definition) is 4. The van der Waals surface area contributed by atoms with Crippen molar-refractivity contribution in [3.63, 3.8) is 0 Å². The van der Waals surface area contributed by atoms with E-state index in [4.69, 9.17) is 11.6 Å². The van der Waals surface area contributed by atoms with E-state index < -0.39 is 10.0 Å². The van der Waals surface area contributed by atoms with E-state index in [0.717, 1.165) is 4.09 Å². The summed E-state index contributed by atoms with van der Waals surface area (Å²) in [6.45, 7) is 7.45. The van der Waals surface area contributed by atoms with Crippen LogP contribution in [0.25, 0.3) is 0 Å². The minimum atomic E-state index is -3.75. The van der Waals surface area contributed by atoms with Crippen molar-refractivity contribution in [1.29, 1.82) is 0 Å². The molecule has 0 spiro atoms. The molecule has 2 rings (SSSR count). The maximum atomic E-state index is 12.6. The van der Waals surface area contributed by atoms with E-state index in [9.17, 15) is 8.42 Å². The molecule has 0 radical (unpaired) electrons. The van der Waals surface area contributed by atoms with Gasteiger partial charge >= 0.3 is 0 Å². The molecule has 0 bridgehead atoms. The summed E-state index contributed by atoms with van der Waals surface area (Å²) >= 11 is 6.00. The molecule has 0 aliphatic carbocycles. The zero-order chi connectivity index (χ0) is 14.4. The van der Waals surface area contributed by atoms with Crippen molar-refractivity contribution in [2.45, 2.75) is 39.1 Å². The standard InChI is InChI=1S/C11H15ClN4O2S/c1-5-15-6-10(7(2)13-15)19(17,18)16-9(4)11(12)8(3)14-16/h6H,5H2,1-4H3. The molecule has 0 aromatic carbocycles. The van der Waals surface area contributed by atoms with Gasteiger partial charge in [-0.15, -0.1) is 0 Å². The number of nitrogens with zero attached hydrogens (tertiary/aromatic N) is 4. The summed E-state index contributed by atoms with van der Waals surface area (Å²) in [6, 6.07) is 0. The Morgan fingerprint density at radius 3 is 2.26 bits per heavy atom. The van der Waals surface area contributed by atoms with Gasteiger partial charge in [-0.3, -0.25) is 4.68 Å². The molecule has 2 heterocycles. The van der Waals surface area contributed by atoms with Crippen LogP contribution in [0.3, 0.4) is 0 Å². The normalized spacial score (nSPS) is 12.1. The van der Waals surface area contributed by atoms with E-state index in [2.05, 4.69) is 10.2 Å². The highest BCUT2D eigenvalue weighted by molar-refractivity contribution is 7.90. The quantitative estimate of drug-likeness (QED) is 0.868. The summed E-state index contributed by atoms with van der Waals surface area (Å²) in [6.07, 6.45) is 1.51. The van der Waals surface area contributed by atoms with Gasteiger partial charge in [0.05, 0.1) is 22.1 Å². The number of aryl methyl sites for hydroxylation is 3. The largest absolute Gasteiger partial charge is 0.286 e. The maximum absolute atomic E-state index is 12.6. The number of aromatic nitrogens is 4. The third-order valence-corrected chi connectivity index (χ3v) is 5.21. The first-order chi connectivity index (χ1) is 8.78. The zero-order valence-electron chi connectivity index (χ0n) is 11.2. The lowest BCUT2D eigenvalue weighted by atomic mass is 10.4. The highest BCUT2D eigenvalue weighted by atomic mass is 35.5. The Morgan fingerprint density at radius 1 is 1.21 bits per heavy atom. The predicted molar refractivity (Wildman–Crippen MR) is 71.9 cm³/mol. The molecule has 19 heavy (non-hydrogen) atoms. The van der Waals surface area contributed by atoms with Crippen LogP contribution in [0.2, 0.25) is 5.02 Å². The summed E-state index contributed by atoms with van der Waals surface area (Å²) < 4.78 is 27.7. The fourth-order valence-electron chi connectivity index (χ4n) is 1.84. The summed E-state index contributed by atoms with van der Waals surface area (Å²) in [5.74, 6) is 0. The highest BCUT2D eigenvalue weighted by Gasteiger charge is 2.26. The Bertz CT molecular complexity index is 730. The van der Waals surface area contributed by atoms with Gasteiger partial charge in [0.15, 0.2) is 0 Å². The first-order valence-corrected chi connectivity index (χ1v) is 7.62. The van der Waals surface area contributed by atoms with Crippen LogP contribution in [0, 0.1) is 20.8 Å². The van der Waals surface area contributed by atoms with E-state index in [1.807, 2.05) is 6.92 Å². The molecule has 2 aromatic heterocycles. The first-order valence-electron chi connectivity index (χ1n) is 5.80. The lowest BCUT2D eigenvalue weighted by molar-refractivity contribution is 0.577. The van der Waals surface area contributed by atoms with E-state index in [0.29, 0.717) is 28.6 Å².